The standard InChI is InChI=1S/C17H24N4O2S/c1-11(2)16-19-12(3)15(24-16)13(4)21(5)17(22)20-23-10-14-7-6-8-18-9-14/h6-9,11,13H,10H2,1-5H3,(H,20,22). The molecule has 7 heteroatoms. The molecule has 2 amide bonds. The van der Waals surface area contributed by atoms with Crippen molar-refractivity contribution in [2.75, 3.05) is 7.05 Å². The number of hydroxylamine groups is 1. The predicted octanol–water partition coefficient (Wildman–Crippen LogP) is 3.80. The van der Waals surface area contributed by atoms with Crippen molar-refractivity contribution in [1.82, 2.24) is 20.3 Å². The maximum atomic E-state index is 12.3. The highest BCUT2D eigenvalue weighted by atomic mass is 32.1. The van der Waals surface area contributed by atoms with Gasteiger partial charge in [-0.05, 0) is 25.5 Å². The lowest BCUT2D eigenvalue weighted by molar-refractivity contribution is 0.0356. The van der Waals surface area contributed by atoms with Crippen LogP contribution >= 0.6 is 11.3 Å². The summed E-state index contributed by atoms with van der Waals surface area (Å²) in [4.78, 5) is 28.8. The number of carbonyl (C=O) groups excluding carboxylic acids is 1. The Hall–Kier alpha value is -1.99. The van der Waals surface area contributed by atoms with Crippen molar-refractivity contribution in [3.63, 3.8) is 0 Å². The van der Waals surface area contributed by atoms with Gasteiger partial charge in [-0.25, -0.2) is 15.3 Å². The molecule has 2 aromatic rings. The fraction of sp³-hybridized carbons (Fsp3) is 0.471. The highest BCUT2D eigenvalue weighted by Crippen LogP contribution is 2.31. The molecule has 0 aliphatic heterocycles. The lowest BCUT2D eigenvalue weighted by atomic mass is 10.2. The quantitative estimate of drug-likeness (QED) is 0.806. The van der Waals surface area contributed by atoms with Gasteiger partial charge in [-0.2, -0.15) is 0 Å². The SMILES string of the molecule is Cc1nc(C(C)C)sc1C(C)N(C)C(=O)NOCc1cccnc1. The Kier molecular flexibility index (Phi) is 6.28. The number of nitrogens with zero attached hydrogens (tertiary/aromatic N) is 3. The molecule has 2 aromatic heterocycles. The van der Waals surface area contributed by atoms with Gasteiger partial charge in [0.25, 0.3) is 0 Å². The third kappa shape index (κ3) is 4.52. The second-order valence-corrected chi connectivity index (χ2v) is 7.06. The van der Waals surface area contributed by atoms with E-state index in [0.717, 1.165) is 21.1 Å². The third-order valence-corrected chi connectivity index (χ3v) is 5.37. The lowest BCUT2D eigenvalue weighted by Gasteiger charge is -2.24. The fourth-order valence-electron chi connectivity index (χ4n) is 2.15. The van der Waals surface area contributed by atoms with Crippen LogP contribution in [-0.4, -0.2) is 27.9 Å². The molecular weight excluding hydrogens is 324 g/mol. The molecule has 0 fully saturated rings. The van der Waals surface area contributed by atoms with Crippen LogP contribution in [0, 0.1) is 6.92 Å². The zero-order valence-electron chi connectivity index (χ0n) is 14.7. The number of rotatable bonds is 6. The van der Waals surface area contributed by atoms with Gasteiger partial charge < -0.3 is 4.90 Å². The van der Waals surface area contributed by atoms with E-state index in [9.17, 15) is 4.79 Å². The van der Waals surface area contributed by atoms with Gasteiger partial charge in [-0.3, -0.25) is 9.82 Å². The van der Waals surface area contributed by atoms with E-state index in [1.165, 1.54) is 0 Å². The normalized spacial score (nSPS) is 12.2. The number of urea groups is 1. The number of hydrogen-bond acceptors (Lipinski definition) is 5. The van der Waals surface area contributed by atoms with Crippen LogP contribution in [0.1, 0.15) is 53.9 Å². The van der Waals surface area contributed by atoms with E-state index in [1.54, 1.807) is 35.7 Å². The second-order valence-electron chi connectivity index (χ2n) is 6.00. The molecule has 0 bridgehead atoms. The summed E-state index contributed by atoms with van der Waals surface area (Å²) in [5, 5.41) is 1.09. The van der Waals surface area contributed by atoms with E-state index >= 15 is 0 Å². The smallest absolute Gasteiger partial charge is 0.318 e. The Morgan fingerprint density at radius 2 is 2.17 bits per heavy atom. The van der Waals surface area contributed by atoms with Crippen molar-refractivity contribution in [2.24, 2.45) is 0 Å². The molecule has 6 nitrogen and oxygen atoms in total. The van der Waals surface area contributed by atoms with Crippen molar-refractivity contribution in [1.29, 1.82) is 0 Å². The van der Waals surface area contributed by atoms with Crippen LogP contribution in [0.4, 0.5) is 4.79 Å². The lowest BCUT2D eigenvalue weighted by Crippen LogP contribution is -2.38. The first-order valence-corrected chi connectivity index (χ1v) is 8.72. The molecule has 1 unspecified atom stereocenters. The molecule has 0 aliphatic rings. The van der Waals surface area contributed by atoms with Gasteiger partial charge in [0.1, 0.15) is 6.61 Å². The number of amides is 2. The van der Waals surface area contributed by atoms with E-state index in [4.69, 9.17) is 4.84 Å². The maximum Gasteiger partial charge on any atom is 0.341 e. The summed E-state index contributed by atoms with van der Waals surface area (Å²) in [6.45, 7) is 8.49. The van der Waals surface area contributed by atoms with Gasteiger partial charge in [-0.15, -0.1) is 11.3 Å². The average molecular weight is 348 g/mol. The number of aryl methyl sites for hydroxylation is 1. The average Bonchev–Trinajstić information content (AvgIpc) is 2.96. The van der Waals surface area contributed by atoms with Gasteiger partial charge in [-0.1, -0.05) is 19.9 Å². The van der Waals surface area contributed by atoms with Crippen molar-refractivity contribution in [3.05, 3.63) is 45.7 Å². The number of aromatic nitrogens is 2. The highest BCUT2D eigenvalue weighted by molar-refractivity contribution is 7.11. The maximum absolute atomic E-state index is 12.3. The summed E-state index contributed by atoms with van der Waals surface area (Å²) in [5.41, 5.74) is 4.35. The minimum absolute atomic E-state index is 0.0722. The van der Waals surface area contributed by atoms with Crippen LogP contribution in [0.25, 0.3) is 0 Å². The molecule has 2 heterocycles. The van der Waals surface area contributed by atoms with Crippen LogP contribution in [0.3, 0.4) is 0 Å². The molecule has 24 heavy (non-hydrogen) atoms. The van der Waals surface area contributed by atoms with Crippen molar-refractivity contribution in [2.45, 2.75) is 46.3 Å². The third-order valence-electron chi connectivity index (χ3n) is 3.74. The van der Waals surface area contributed by atoms with Crippen LogP contribution in [0.2, 0.25) is 0 Å². The molecule has 0 radical (unpaired) electrons. The first-order chi connectivity index (χ1) is 11.4. The molecule has 0 aromatic carbocycles. The summed E-state index contributed by atoms with van der Waals surface area (Å²) in [6.07, 6.45) is 3.40. The Balaban J connectivity index is 1.92. The topological polar surface area (TPSA) is 67.4 Å². The first-order valence-electron chi connectivity index (χ1n) is 7.90. The first kappa shape index (κ1) is 18.4. The van der Waals surface area contributed by atoms with E-state index in [2.05, 4.69) is 29.3 Å². The Bertz CT molecular complexity index is 672. The van der Waals surface area contributed by atoms with E-state index in [1.807, 2.05) is 26.0 Å². The van der Waals surface area contributed by atoms with E-state index in [0.29, 0.717) is 5.92 Å². The van der Waals surface area contributed by atoms with Gasteiger partial charge >= 0.3 is 6.03 Å². The second kappa shape index (κ2) is 8.21. The molecule has 2 rings (SSSR count). The van der Waals surface area contributed by atoms with Crippen molar-refractivity contribution in [3.8, 4) is 0 Å². The molecular formula is C17H24N4O2S. The summed E-state index contributed by atoms with van der Waals surface area (Å²) in [7, 11) is 1.75. The zero-order valence-corrected chi connectivity index (χ0v) is 15.6. The van der Waals surface area contributed by atoms with Gasteiger partial charge in [0.2, 0.25) is 0 Å². The molecule has 0 spiro atoms. The monoisotopic (exact) mass is 348 g/mol. The highest BCUT2D eigenvalue weighted by Gasteiger charge is 2.22. The number of nitrogens with one attached hydrogen (secondary N) is 1. The Morgan fingerprint density at radius 1 is 1.42 bits per heavy atom. The van der Waals surface area contributed by atoms with Gasteiger partial charge in [0, 0.05) is 30.2 Å². The van der Waals surface area contributed by atoms with Crippen molar-refractivity contribution >= 4 is 17.4 Å². The minimum Gasteiger partial charge on any atom is -0.318 e. The van der Waals surface area contributed by atoms with E-state index in [-0.39, 0.29) is 18.7 Å². The number of pyridine rings is 1. The predicted molar refractivity (Wildman–Crippen MR) is 94.7 cm³/mol. The summed E-state index contributed by atoms with van der Waals surface area (Å²) in [6, 6.07) is 3.36. The number of hydrogen-bond donors (Lipinski definition) is 1. The minimum atomic E-state index is -0.287. The number of thiazole rings is 1. The Labute approximate surface area is 146 Å². The molecule has 1 atom stereocenters. The van der Waals surface area contributed by atoms with Crippen LogP contribution < -0.4 is 5.48 Å². The molecule has 1 N–H and O–H groups in total. The molecule has 0 saturated heterocycles. The Morgan fingerprint density at radius 3 is 2.75 bits per heavy atom. The molecule has 130 valence electrons. The van der Waals surface area contributed by atoms with Gasteiger partial charge in [0.15, 0.2) is 0 Å². The van der Waals surface area contributed by atoms with Crippen LogP contribution in [0.5, 0.6) is 0 Å². The number of carbonyl (C=O) groups is 1. The molecule has 0 aliphatic carbocycles. The van der Waals surface area contributed by atoms with Gasteiger partial charge in [0.05, 0.1) is 16.7 Å². The van der Waals surface area contributed by atoms with E-state index < -0.39 is 0 Å². The largest absolute Gasteiger partial charge is 0.341 e. The van der Waals surface area contributed by atoms with Crippen LogP contribution in [0.15, 0.2) is 24.5 Å². The van der Waals surface area contributed by atoms with Crippen molar-refractivity contribution < 1.29 is 9.63 Å². The zero-order chi connectivity index (χ0) is 17.7. The summed E-state index contributed by atoms with van der Waals surface area (Å²) >= 11 is 1.66. The summed E-state index contributed by atoms with van der Waals surface area (Å²) in [5.74, 6) is 0.386. The molecule has 0 saturated carbocycles. The van der Waals surface area contributed by atoms with Crippen LogP contribution in [-0.2, 0) is 11.4 Å². The fourth-order valence-corrected chi connectivity index (χ4v) is 3.32. The summed E-state index contributed by atoms with van der Waals surface area (Å²) < 4.78 is 0.